The Bertz CT molecular complexity index is 734. The number of amides is 1. The minimum atomic E-state index is -4.43. The number of aliphatic carboxylic acids is 1. The molecule has 0 bridgehead atoms. The average Bonchev–Trinajstić information content (AvgIpc) is 2.53. The fourth-order valence-corrected chi connectivity index (χ4v) is 4.84. The molecule has 2 aliphatic rings. The lowest BCUT2D eigenvalue weighted by Gasteiger charge is -2.47. The molecule has 0 spiro atoms. The van der Waals surface area contributed by atoms with Crippen molar-refractivity contribution >= 4 is 35.4 Å². The molecule has 0 aliphatic carbocycles. The number of fused-ring (bicyclic) bond motifs is 1. The van der Waals surface area contributed by atoms with E-state index in [9.17, 15) is 27.9 Å². The lowest BCUT2D eigenvalue weighted by Crippen LogP contribution is -2.68. The zero-order valence-electron chi connectivity index (χ0n) is 11.9. The summed E-state index contributed by atoms with van der Waals surface area (Å²) in [6.45, 7) is 0. The van der Waals surface area contributed by atoms with Gasteiger partial charge in [0.05, 0.1) is 5.56 Å². The van der Waals surface area contributed by atoms with E-state index < -0.39 is 35.0 Å². The van der Waals surface area contributed by atoms with Gasteiger partial charge in [0, 0.05) is 15.6 Å². The molecular formula is C14H11F3N2O3S2. The van der Waals surface area contributed by atoms with Crippen LogP contribution in [0.15, 0.2) is 39.8 Å². The van der Waals surface area contributed by atoms with Crippen LogP contribution in [0.1, 0.15) is 5.56 Å². The topological polar surface area (TPSA) is 83.6 Å². The molecular weight excluding hydrogens is 365 g/mol. The van der Waals surface area contributed by atoms with Crippen molar-refractivity contribution in [3.05, 3.63) is 40.4 Å². The van der Waals surface area contributed by atoms with Crippen molar-refractivity contribution in [1.82, 2.24) is 4.90 Å². The van der Waals surface area contributed by atoms with Crippen LogP contribution in [-0.4, -0.2) is 39.1 Å². The van der Waals surface area contributed by atoms with E-state index in [2.05, 4.69) is 0 Å². The van der Waals surface area contributed by atoms with Crippen molar-refractivity contribution in [1.29, 1.82) is 0 Å². The molecule has 0 unspecified atom stereocenters. The van der Waals surface area contributed by atoms with Crippen LogP contribution in [0.2, 0.25) is 0 Å². The predicted molar refractivity (Wildman–Crippen MR) is 83.0 cm³/mol. The molecule has 5 nitrogen and oxygen atoms in total. The van der Waals surface area contributed by atoms with Gasteiger partial charge < -0.3 is 10.8 Å². The van der Waals surface area contributed by atoms with E-state index in [1.165, 1.54) is 23.9 Å². The Balaban J connectivity index is 1.87. The van der Waals surface area contributed by atoms with Crippen LogP contribution in [0.4, 0.5) is 13.2 Å². The van der Waals surface area contributed by atoms with Gasteiger partial charge in [0.25, 0.3) is 0 Å². The molecule has 1 fully saturated rings. The molecule has 10 heteroatoms. The summed E-state index contributed by atoms with van der Waals surface area (Å²) in [5.41, 5.74) is 4.73. The third-order valence-electron chi connectivity index (χ3n) is 3.60. The van der Waals surface area contributed by atoms with Crippen molar-refractivity contribution < 1.29 is 27.9 Å². The number of thioether (sulfide) groups is 2. The second kappa shape index (κ2) is 6.01. The van der Waals surface area contributed by atoms with Crippen LogP contribution in [-0.2, 0) is 15.8 Å². The number of carboxylic acid groups (broad SMARTS) is 1. The molecule has 3 rings (SSSR count). The van der Waals surface area contributed by atoms with Gasteiger partial charge in [0.1, 0.15) is 17.1 Å². The van der Waals surface area contributed by atoms with Crippen molar-refractivity contribution in [3.63, 3.8) is 0 Å². The summed E-state index contributed by atoms with van der Waals surface area (Å²) < 4.78 is 37.7. The fraction of sp³-hybridized carbons (Fsp3) is 0.286. The van der Waals surface area contributed by atoms with E-state index in [1.54, 1.807) is 0 Å². The predicted octanol–water partition coefficient (Wildman–Crippen LogP) is 2.34. The van der Waals surface area contributed by atoms with Gasteiger partial charge in [-0.3, -0.25) is 9.69 Å². The summed E-state index contributed by atoms with van der Waals surface area (Å²) in [7, 11) is 0. The minimum absolute atomic E-state index is 0.143. The highest BCUT2D eigenvalue weighted by atomic mass is 32.2. The van der Waals surface area contributed by atoms with Gasteiger partial charge in [-0.15, -0.1) is 11.8 Å². The Kier molecular flexibility index (Phi) is 4.30. The van der Waals surface area contributed by atoms with Crippen LogP contribution in [0.3, 0.4) is 0 Å². The summed E-state index contributed by atoms with van der Waals surface area (Å²) in [5.74, 6) is -1.39. The number of halogens is 3. The van der Waals surface area contributed by atoms with Crippen LogP contribution in [0.5, 0.6) is 0 Å². The maximum atomic E-state index is 12.6. The Morgan fingerprint density at radius 1 is 1.33 bits per heavy atom. The van der Waals surface area contributed by atoms with Gasteiger partial charge in [0.2, 0.25) is 5.91 Å². The van der Waals surface area contributed by atoms with Gasteiger partial charge >= 0.3 is 12.1 Å². The van der Waals surface area contributed by atoms with E-state index in [-0.39, 0.29) is 5.70 Å². The number of rotatable bonds is 3. The van der Waals surface area contributed by atoms with Gasteiger partial charge in [0.15, 0.2) is 0 Å². The molecule has 2 atom stereocenters. The first kappa shape index (κ1) is 17.2. The standard InChI is InChI=1S/C14H11F3N2O3S2/c15-14(16,17)6-1-3-7(4-2-6)24-8-5-23-12-9(18)11(20)19(12)10(8)13(21)22/h1-4,9,12H,5,18H2,(H,21,22)/t9-,12+/m1/s1. The number of β-lactam (4-membered cyclic amide) rings is 1. The van der Waals surface area contributed by atoms with E-state index in [0.717, 1.165) is 28.8 Å². The number of hydrogen-bond donors (Lipinski definition) is 2. The molecule has 1 aromatic carbocycles. The van der Waals surface area contributed by atoms with Gasteiger partial charge in [-0.1, -0.05) is 11.8 Å². The summed E-state index contributed by atoms with van der Waals surface area (Å²) in [6, 6.07) is 3.71. The number of nitrogens with zero attached hydrogens (tertiary/aromatic N) is 1. The van der Waals surface area contributed by atoms with E-state index in [4.69, 9.17) is 5.73 Å². The number of carbonyl (C=O) groups is 2. The first-order chi connectivity index (χ1) is 11.2. The monoisotopic (exact) mass is 376 g/mol. The fourth-order valence-electron chi connectivity index (χ4n) is 2.42. The maximum Gasteiger partial charge on any atom is 0.416 e. The normalized spacial score (nSPS) is 23.8. The number of carboxylic acids is 1. The maximum absolute atomic E-state index is 12.6. The number of carbonyl (C=O) groups excluding carboxylic acids is 1. The Hall–Kier alpha value is -1.65. The smallest absolute Gasteiger partial charge is 0.416 e. The zero-order chi connectivity index (χ0) is 17.6. The minimum Gasteiger partial charge on any atom is -0.477 e. The Labute approximate surface area is 143 Å². The third kappa shape index (κ3) is 2.89. The summed E-state index contributed by atoms with van der Waals surface area (Å²) in [6.07, 6.45) is -4.43. The number of nitrogens with two attached hydrogens (primary N) is 1. The molecule has 1 aromatic rings. The van der Waals surface area contributed by atoms with Crippen LogP contribution < -0.4 is 5.73 Å². The molecule has 2 heterocycles. The molecule has 0 aromatic heterocycles. The van der Waals surface area contributed by atoms with E-state index in [1.807, 2.05) is 0 Å². The number of benzene rings is 1. The van der Waals surface area contributed by atoms with Gasteiger partial charge in [-0.05, 0) is 24.3 Å². The molecule has 0 saturated carbocycles. The van der Waals surface area contributed by atoms with Crippen molar-refractivity contribution in [2.45, 2.75) is 22.5 Å². The molecule has 24 heavy (non-hydrogen) atoms. The molecule has 2 aliphatic heterocycles. The summed E-state index contributed by atoms with van der Waals surface area (Å²) in [5, 5.41) is 9.00. The van der Waals surface area contributed by atoms with Crippen molar-refractivity contribution in [3.8, 4) is 0 Å². The van der Waals surface area contributed by atoms with E-state index >= 15 is 0 Å². The zero-order valence-corrected chi connectivity index (χ0v) is 13.5. The van der Waals surface area contributed by atoms with Crippen molar-refractivity contribution in [2.75, 3.05) is 5.75 Å². The van der Waals surface area contributed by atoms with Crippen molar-refractivity contribution in [2.24, 2.45) is 5.73 Å². The molecule has 0 radical (unpaired) electrons. The van der Waals surface area contributed by atoms with Gasteiger partial charge in [-0.2, -0.15) is 13.2 Å². The Morgan fingerprint density at radius 2 is 1.96 bits per heavy atom. The van der Waals surface area contributed by atoms with Crippen LogP contribution in [0, 0.1) is 0 Å². The molecule has 3 N–H and O–H groups in total. The van der Waals surface area contributed by atoms with E-state index in [0.29, 0.717) is 15.6 Å². The summed E-state index contributed by atoms with van der Waals surface area (Å²) in [4.78, 5) is 25.4. The second-order valence-electron chi connectivity index (χ2n) is 5.14. The van der Waals surface area contributed by atoms with Crippen LogP contribution in [0.25, 0.3) is 0 Å². The van der Waals surface area contributed by atoms with Crippen LogP contribution >= 0.6 is 23.5 Å². The first-order valence-electron chi connectivity index (χ1n) is 6.72. The highest BCUT2D eigenvalue weighted by Gasteiger charge is 2.51. The molecule has 1 amide bonds. The lowest BCUT2D eigenvalue weighted by molar-refractivity contribution is -0.147. The second-order valence-corrected chi connectivity index (χ2v) is 7.41. The number of hydrogen-bond acceptors (Lipinski definition) is 5. The highest BCUT2D eigenvalue weighted by molar-refractivity contribution is 8.06. The third-order valence-corrected chi connectivity index (χ3v) is 6.18. The highest BCUT2D eigenvalue weighted by Crippen LogP contribution is 2.44. The Morgan fingerprint density at radius 3 is 2.50 bits per heavy atom. The SMILES string of the molecule is N[C@@H]1C(=O)N2C(C(=O)O)=C(Sc3ccc(C(F)(F)F)cc3)CS[C@@H]12. The molecule has 128 valence electrons. The lowest BCUT2D eigenvalue weighted by atomic mass is 10.1. The largest absolute Gasteiger partial charge is 0.477 e. The summed E-state index contributed by atoms with van der Waals surface area (Å²) >= 11 is 2.38. The average molecular weight is 376 g/mol. The van der Waals surface area contributed by atoms with Gasteiger partial charge in [-0.25, -0.2) is 4.79 Å². The first-order valence-corrected chi connectivity index (χ1v) is 8.58. The molecule has 1 saturated heterocycles. The number of alkyl halides is 3. The quantitative estimate of drug-likeness (QED) is 0.788.